The lowest BCUT2D eigenvalue weighted by Crippen LogP contribution is -2.38. The molecule has 0 aromatic rings. The van der Waals surface area contributed by atoms with Crippen molar-refractivity contribution in [2.24, 2.45) is 10.9 Å². The zero-order valence-corrected chi connectivity index (χ0v) is 11.4. The molecule has 6 heteroatoms. The van der Waals surface area contributed by atoms with Crippen molar-refractivity contribution in [3.05, 3.63) is 0 Å². The van der Waals surface area contributed by atoms with Crippen molar-refractivity contribution >= 4 is 5.96 Å². The molecule has 0 rings (SSSR count). The van der Waals surface area contributed by atoms with Crippen LogP contribution in [-0.2, 0) is 0 Å². The van der Waals surface area contributed by atoms with E-state index >= 15 is 0 Å². The smallest absolute Gasteiger partial charge is 0.357 e. The van der Waals surface area contributed by atoms with Crippen molar-refractivity contribution in [1.82, 2.24) is 10.6 Å². The van der Waals surface area contributed by atoms with Gasteiger partial charge in [0.25, 0.3) is 0 Å². The quantitative estimate of drug-likeness (QED) is 0.423. The fraction of sp³-hybridized carbons (Fsp3) is 0.917. The van der Waals surface area contributed by atoms with Crippen LogP contribution in [0, 0.1) is 5.92 Å². The summed E-state index contributed by atoms with van der Waals surface area (Å²) in [5, 5.41) is 6.10. The molecule has 0 fully saturated rings. The van der Waals surface area contributed by atoms with Gasteiger partial charge in [0.05, 0.1) is 0 Å². The Labute approximate surface area is 107 Å². The molecule has 0 atom stereocenters. The molecule has 3 nitrogen and oxygen atoms in total. The molecule has 18 heavy (non-hydrogen) atoms. The van der Waals surface area contributed by atoms with Crippen molar-refractivity contribution in [3.8, 4) is 0 Å². The minimum atomic E-state index is -4.05. The van der Waals surface area contributed by atoms with E-state index in [1.165, 1.54) is 0 Å². The SMILES string of the molecule is CCNC(=NCC(C)C)NCCCCC(F)(F)F. The molecule has 0 aromatic heterocycles. The Bertz CT molecular complexity index is 237. The minimum Gasteiger partial charge on any atom is -0.357 e. The Hall–Kier alpha value is -0.940. The van der Waals surface area contributed by atoms with Crippen LogP contribution in [-0.4, -0.2) is 31.8 Å². The fourth-order valence-electron chi connectivity index (χ4n) is 1.27. The minimum absolute atomic E-state index is 0.153. The number of nitrogens with one attached hydrogen (secondary N) is 2. The highest BCUT2D eigenvalue weighted by Gasteiger charge is 2.25. The number of unbranched alkanes of at least 4 members (excludes halogenated alkanes) is 1. The molecule has 0 radical (unpaired) electrons. The molecule has 0 unspecified atom stereocenters. The van der Waals surface area contributed by atoms with Crippen molar-refractivity contribution in [2.45, 2.75) is 46.2 Å². The van der Waals surface area contributed by atoms with E-state index in [0.29, 0.717) is 31.4 Å². The summed E-state index contributed by atoms with van der Waals surface area (Å²) >= 11 is 0. The second-order valence-electron chi connectivity index (χ2n) is 4.61. The van der Waals surface area contributed by atoms with Crippen LogP contribution < -0.4 is 10.6 Å². The van der Waals surface area contributed by atoms with Crippen molar-refractivity contribution < 1.29 is 13.2 Å². The molecule has 0 amide bonds. The maximum Gasteiger partial charge on any atom is 0.389 e. The highest BCUT2D eigenvalue weighted by Crippen LogP contribution is 2.21. The lowest BCUT2D eigenvalue weighted by Gasteiger charge is -2.12. The second-order valence-corrected chi connectivity index (χ2v) is 4.61. The van der Waals surface area contributed by atoms with Gasteiger partial charge in [0.15, 0.2) is 5.96 Å². The van der Waals surface area contributed by atoms with E-state index in [1.807, 2.05) is 6.92 Å². The van der Waals surface area contributed by atoms with E-state index in [4.69, 9.17) is 0 Å². The molecule has 0 heterocycles. The molecule has 0 bridgehead atoms. The van der Waals surface area contributed by atoms with Crippen LogP contribution in [0.1, 0.15) is 40.0 Å². The topological polar surface area (TPSA) is 36.4 Å². The molecular weight excluding hydrogens is 243 g/mol. The highest BCUT2D eigenvalue weighted by atomic mass is 19.4. The van der Waals surface area contributed by atoms with Crippen molar-refractivity contribution in [1.29, 1.82) is 0 Å². The van der Waals surface area contributed by atoms with E-state index in [0.717, 1.165) is 6.54 Å². The van der Waals surface area contributed by atoms with Crippen molar-refractivity contribution in [3.63, 3.8) is 0 Å². The van der Waals surface area contributed by atoms with Crippen LogP contribution in [0.2, 0.25) is 0 Å². The largest absolute Gasteiger partial charge is 0.389 e. The maximum atomic E-state index is 11.9. The van der Waals surface area contributed by atoms with Gasteiger partial charge in [-0.25, -0.2) is 0 Å². The summed E-state index contributed by atoms with van der Waals surface area (Å²) in [5.41, 5.74) is 0. The summed E-state index contributed by atoms with van der Waals surface area (Å²) in [7, 11) is 0. The van der Waals surface area contributed by atoms with Crippen LogP contribution in [0.4, 0.5) is 13.2 Å². The van der Waals surface area contributed by atoms with Gasteiger partial charge < -0.3 is 10.6 Å². The van der Waals surface area contributed by atoms with Gasteiger partial charge in [-0.15, -0.1) is 0 Å². The highest BCUT2D eigenvalue weighted by molar-refractivity contribution is 5.79. The molecule has 0 saturated heterocycles. The van der Waals surface area contributed by atoms with Gasteiger partial charge in [-0.3, -0.25) is 4.99 Å². The van der Waals surface area contributed by atoms with Gasteiger partial charge >= 0.3 is 6.18 Å². The third kappa shape index (κ3) is 11.5. The first kappa shape index (κ1) is 17.1. The zero-order valence-electron chi connectivity index (χ0n) is 11.4. The molecule has 0 aromatic carbocycles. The average Bonchev–Trinajstić information content (AvgIpc) is 2.23. The van der Waals surface area contributed by atoms with Gasteiger partial charge in [0.1, 0.15) is 0 Å². The summed E-state index contributed by atoms with van der Waals surface area (Å²) < 4.78 is 35.7. The lowest BCUT2D eigenvalue weighted by molar-refractivity contribution is -0.135. The fourth-order valence-corrected chi connectivity index (χ4v) is 1.27. The summed E-state index contributed by atoms with van der Waals surface area (Å²) in [6.07, 6.45) is -4.11. The predicted molar refractivity (Wildman–Crippen MR) is 68.7 cm³/mol. The number of halogens is 3. The van der Waals surface area contributed by atoms with E-state index in [9.17, 15) is 13.2 Å². The number of hydrogen-bond acceptors (Lipinski definition) is 1. The van der Waals surface area contributed by atoms with Crippen molar-refractivity contribution in [2.75, 3.05) is 19.6 Å². The van der Waals surface area contributed by atoms with Gasteiger partial charge in [0, 0.05) is 26.1 Å². The van der Waals surface area contributed by atoms with Crippen LogP contribution >= 0.6 is 0 Å². The summed E-state index contributed by atoms with van der Waals surface area (Å²) in [5.74, 6) is 1.14. The molecule has 0 aliphatic rings. The van der Waals surface area contributed by atoms with E-state index in [2.05, 4.69) is 29.5 Å². The Morgan fingerprint density at radius 2 is 1.83 bits per heavy atom. The second kappa shape index (κ2) is 9.05. The van der Waals surface area contributed by atoms with Gasteiger partial charge in [0.2, 0.25) is 0 Å². The Balaban J connectivity index is 3.80. The molecule has 108 valence electrons. The number of nitrogens with zero attached hydrogens (tertiary/aromatic N) is 1. The Morgan fingerprint density at radius 3 is 2.33 bits per heavy atom. The first-order valence-corrected chi connectivity index (χ1v) is 6.44. The molecule has 0 spiro atoms. The third-order valence-corrected chi connectivity index (χ3v) is 2.14. The average molecular weight is 267 g/mol. The normalized spacial score (nSPS) is 12.9. The van der Waals surface area contributed by atoms with Gasteiger partial charge in [-0.1, -0.05) is 13.8 Å². The number of aliphatic imine (C=N–C) groups is 1. The van der Waals surface area contributed by atoms with E-state index in [1.54, 1.807) is 0 Å². The molecule has 0 saturated carbocycles. The Morgan fingerprint density at radius 1 is 1.17 bits per heavy atom. The van der Waals surface area contributed by atoms with E-state index in [-0.39, 0.29) is 6.42 Å². The Kier molecular flexibility index (Phi) is 8.58. The predicted octanol–water partition coefficient (Wildman–Crippen LogP) is 2.93. The molecule has 2 N–H and O–H groups in total. The zero-order chi connectivity index (χ0) is 14.0. The van der Waals surface area contributed by atoms with Crippen LogP contribution in [0.15, 0.2) is 4.99 Å². The monoisotopic (exact) mass is 267 g/mol. The summed E-state index contributed by atoms with van der Waals surface area (Å²) in [6, 6.07) is 0. The first-order valence-electron chi connectivity index (χ1n) is 6.44. The van der Waals surface area contributed by atoms with Crippen LogP contribution in [0.5, 0.6) is 0 Å². The standard InChI is InChI=1S/C12H24F3N3/c1-4-16-11(18-9-10(2)3)17-8-6-5-7-12(13,14)15/h10H,4-9H2,1-3H3,(H2,16,17,18). The molecule has 0 aliphatic carbocycles. The summed E-state index contributed by atoms with van der Waals surface area (Å²) in [4.78, 5) is 4.33. The number of alkyl halides is 3. The number of rotatable bonds is 7. The number of guanidine groups is 1. The molecular formula is C12H24F3N3. The van der Waals surface area contributed by atoms with Gasteiger partial charge in [-0.05, 0) is 25.7 Å². The van der Waals surface area contributed by atoms with Crippen LogP contribution in [0.25, 0.3) is 0 Å². The third-order valence-electron chi connectivity index (χ3n) is 2.14. The molecule has 0 aliphatic heterocycles. The summed E-state index contributed by atoms with van der Waals surface area (Å²) in [6.45, 7) is 8.05. The van der Waals surface area contributed by atoms with E-state index < -0.39 is 12.6 Å². The van der Waals surface area contributed by atoms with Crippen LogP contribution in [0.3, 0.4) is 0 Å². The lowest BCUT2D eigenvalue weighted by atomic mass is 10.2. The van der Waals surface area contributed by atoms with Gasteiger partial charge in [-0.2, -0.15) is 13.2 Å². The first-order chi connectivity index (χ1) is 8.35. The maximum absolute atomic E-state index is 11.9. The number of hydrogen-bond donors (Lipinski definition) is 2.